The van der Waals surface area contributed by atoms with Crippen molar-refractivity contribution in [2.45, 2.75) is 26.2 Å². The summed E-state index contributed by atoms with van der Waals surface area (Å²) in [5.41, 5.74) is 2.85. The maximum atomic E-state index is 12.6. The molecule has 6 nitrogen and oxygen atoms in total. The van der Waals surface area contributed by atoms with Crippen molar-refractivity contribution in [1.29, 1.82) is 0 Å². The van der Waals surface area contributed by atoms with Gasteiger partial charge in [-0.05, 0) is 61.2 Å². The van der Waals surface area contributed by atoms with E-state index in [0.29, 0.717) is 5.76 Å². The second-order valence-corrected chi connectivity index (χ2v) is 7.06. The van der Waals surface area contributed by atoms with E-state index in [-0.39, 0.29) is 11.8 Å². The maximum absolute atomic E-state index is 12.6. The Balaban J connectivity index is 1.31. The fourth-order valence-corrected chi connectivity index (χ4v) is 3.49. The predicted octanol–water partition coefficient (Wildman–Crippen LogP) is 4.15. The highest BCUT2D eigenvalue weighted by atomic mass is 16.3. The largest absolute Gasteiger partial charge is 0.463 e. The van der Waals surface area contributed by atoms with Gasteiger partial charge in [0.2, 0.25) is 5.91 Å². The number of furan rings is 1. The number of benzene rings is 1. The number of carbonyl (C=O) groups excluding carboxylic acids is 1. The lowest BCUT2D eigenvalue weighted by atomic mass is 9.95. The summed E-state index contributed by atoms with van der Waals surface area (Å²) in [6.07, 6.45) is 4.23. The molecule has 1 fully saturated rings. The summed E-state index contributed by atoms with van der Waals surface area (Å²) in [7, 11) is 0. The van der Waals surface area contributed by atoms with E-state index < -0.39 is 0 Å². The van der Waals surface area contributed by atoms with Gasteiger partial charge in [-0.3, -0.25) is 4.79 Å². The van der Waals surface area contributed by atoms with Gasteiger partial charge in [-0.1, -0.05) is 19.1 Å². The van der Waals surface area contributed by atoms with Crippen LogP contribution in [0.3, 0.4) is 0 Å². The molecular weight excluding hydrogens is 352 g/mol. The minimum absolute atomic E-state index is 0.0254. The van der Waals surface area contributed by atoms with Gasteiger partial charge in [-0.2, -0.15) is 0 Å². The van der Waals surface area contributed by atoms with Crippen LogP contribution in [0, 0.1) is 5.92 Å². The molecule has 1 amide bonds. The summed E-state index contributed by atoms with van der Waals surface area (Å²) >= 11 is 0. The average molecular weight is 376 g/mol. The number of aryl methyl sites for hydroxylation is 1. The third-order valence-electron chi connectivity index (χ3n) is 5.24. The van der Waals surface area contributed by atoms with E-state index in [2.05, 4.69) is 39.5 Å². The first-order valence-electron chi connectivity index (χ1n) is 9.75. The maximum Gasteiger partial charge on any atom is 0.227 e. The molecule has 28 heavy (non-hydrogen) atoms. The summed E-state index contributed by atoms with van der Waals surface area (Å²) in [4.78, 5) is 14.8. The molecule has 3 heterocycles. The van der Waals surface area contributed by atoms with E-state index in [9.17, 15) is 4.79 Å². The molecule has 3 aromatic rings. The monoisotopic (exact) mass is 376 g/mol. The number of carbonyl (C=O) groups is 1. The number of piperidine rings is 1. The molecule has 1 aliphatic rings. The lowest BCUT2D eigenvalue weighted by molar-refractivity contribution is -0.120. The molecule has 1 saturated heterocycles. The number of aromatic nitrogens is 2. The Kier molecular flexibility index (Phi) is 5.37. The van der Waals surface area contributed by atoms with Gasteiger partial charge in [0.25, 0.3) is 0 Å². The van der Waals surface area contributed by atoms with Gasteiger partial charge in [0.15, 0.2) is 11.6 Å². The van der Waals surface area contributed by atoms with Gasteiger partial charge in [-0.25, -0.2) is 0 Å². The second-order valence-electron chi connectivity index (χ2n) is 7.06. The number of rotatable bonds is 5. The summed E-state index contributed by atoms with van der Waals surface area (Å²) in [5, 5.41) is 11.6. The molecule has 0 radical (unpaired) electrons. The van der Waals surface area contributed by atoms with Crippen molar-refractivity contribution in [3.8, 4) is 11.5 Å². The molecule has 144 valence electrons. The van der Waals surface area contributed by atoms with E-state index in [0.717, 1.165) is 49.6 Å². The van der Waals surface area contributed by atoms with E-state index in [1.807, 2.05) is 36.4 Å². The average Bonchev–Trinajstić information content (AvgIpc) is 3.29. The molecule has 1 aromatic carbocycles. The topological polar surface area (TPSA) is 71.3 Å². The van der Waals surface area contributed by atoms with Gasteiger partial charge in [0.1, 0.15) is 5.69 Å². The molecule has 1 N–H and O–H groups in total. The van der Waals surface area contributed by atoms with Crippen LogP contribution >= 0.6 is 0 Å². The first-order chi connectivity index (χ1) is 13.7. The standard InChI is InChI=1S/C22H24N4O2/c1-2-16-5-7-18(8-6-16)23-22(27)17-11-13-26(14-12-17)21-10-9-19(24-25-21)20-4-3-15-28-20/h3-10,15,17H,2,11-14H2,1H3,(H,23,27). The molecule has 6 heteroatoms. The highest BCUT2D eigenvalue weighted by Gasteiger charge is 2.26. The second kappa shape index (κ2) is 8.25. The molecule has 0 spiro atoms. The fourth-order valence-electron chi connectivity index (χ4n) is 3.49. The third kappa shape index (κ3) is 4.06. The number of amides is 1. The van der Waals surface area contributed by atoms with Crippen LogP contribution in [0.25, 0.3) is 11.5 Å². The zero-order chi connectivity index (χ0) is 19.3. The van der Waals surface area contributed by atoms with Gasteiger partial charge < -0.3 is 14.6 Å². The van der Waals surface area contributed by atoms with Crippen molar-refractivity contribution < 1.29 is 9.21 Å². The predicted molar refractivity (Wildman–Crippen MR) is 109 cm³/mol. The zero-order valence-electron chi connectivity index (χ0n) is 16.0. The summed E-state index contributed by atoms with van der Waals surface area (Å²) < 4.78 is 5.35. The number of nitrogens with zero attached hydrogens (tertiary/aromatic N) is 3. The molecule has 0 atom stereocenters. The van der Waals surface area contributed by atoms with Crippen molar-refractivity contribution in [2.24, 2.45) is 5.92 Å². The van der Waals surface area contributed by atoms with Crippen LogP contribution in [-0.4, -0.2) is 29.2 Å². The van der Waals surface area contributed by atoms with E-state index in [1.54, 1.807) is 6.26 Å². The van der Waals surface area contributed by atoms with Crippen LogP contribution < -0.4 is 10.2 Å². The Morgan fingerprint density at radius 1 is 1.11 bits per heavy atom. The molecule has 4 rings (SSSR count). The quantitative estimate of drug-likeness (QED) is 0.724. The van der Waals surface area contributed by atoms with Crippen molar-refractivity contribution in [2.75, 3.05) is 23.3 Å². The van der Waals surface area contributed by atoms with Crippen LogP contribution in [0.2, 0.25) is 0 Å². The Labute approximate surface area is 164 Å². The minimum atomic E-state index is 0.0254. The van der Waals surface area contributed by atoms with Crippen LogP contribution in [-0.2, 0) is 11.2 Å². The third-order valence-corrected chi connectivity index (χ3v) is 5.24. The Hall–Kier alpha value is -3.15. The molecule has 1 aliphatic heterocycles. The number of hydrogen-bond donors (Lipinski definition) is 1. The fraction of sp³-hybridized carbons (Fsp3) is 0.318. The lowest BCUT2D eigenvalue weighted by Gasteiger charge is -2.31. The summed E-state index contributed by atoms with van der Waals surface area (Å²) in [5.74, 6) is 1.67. The SMILES string of the molecule is CCc1ccc(NC(=O)C2CCN(c3ccc(-c4ccco4)nn3)CC2)cc1. The zero-order valence-corrected chi connectivity index (χ0v) is 16.0. The number of nitrogens with one attached hydrogen (secondary N) is 1. The van der Waals surface area contributed by atoms with Crippen LogP contribution in [0.5, 0.6) is 0 Å². The van der Waals surface area contributed by atoms with Crippen molar-refractivity contribution in [3.05, 3.63) is 60.4 Å². The van der Waals surface area contributed by atoms with Gasteiger partial charge in [-0.15, -0.1) is 10.2 Å². The minimum Gasteiger partial charge on any atom is -0.463 e. The highest BCUT2D eigenvalue weighted by molar-refractivity contribution is 5.92. The number of hydrogen-bond acceptors (Lipinski definition) is 5. The van der Waals surface area contributed by atoms with E-state index in [1.165, 1.54) is 5.56 Å². The molecular formula is C22H24N4O2. The van der Waals surface area contributed by atoms with Crippen molar-refractivity contribution >= 4 is 17.4 Å². The van der Waals surface area contributed by atoms with Crippen LogP contribution in [0.15, 0.2) is 59.2 Å². The normalized spacial score (nSPS) is 14.8. The first-order valence-corrected chi connectivity index (χ1v) is 9.75. The smallest absolute Gasteiger partial charge is 0.227 e. The van der Waals surface area contributed by atoms with Crippen LogP contribution in [0.4, 0.5) is 11.5 Å². The lowest BCUT2D eigenvalue weighted by Crippen LogP contribution is -2.38. The molecule has 0 aliphatic carbocycles. The van der Waals surface area contributed by atoms with Gasteiger partial charge in [0.05, 0.1) is 6.26 Å². The molecule has 0 bridgehead atoms. The first kappa shape index (κ1) is 18.2. The van der Waals surface area contributed by atoms with Crippen molar-refractivity contribution in [1.82, 2.24) is 10.2 Å². The number of anilines is 2. The summed E-state index contributed by atoms with van der Waals surface area (Å²) in [6, 6.07) is 15.6. The molecule has 0 saturated carbocycles. The van der Waals surface area contributed by atoms with E-state index >= 15 is 0 Å². The Bertz CT molecular complexity index is 897. The molecule has 2 aromatic heterocycles. The summed E-state index contributed by atoms with van der Waals surface area (Å²) in [6.45, 7) is 3.71. The van der Waals surface area contributed by atoms with Crippen molar-refractivity contribution in [3.63, 3.8) is 0 Å². The Morgan fingerprint density at radius 3 is 2.50 bits per heavy atom. The Morgan fingerprint density at radius 2 is 1.89 bits per heavy atom. The highest BCUT2D eigenvalue weighted by Crippen LogP contribution is 2.24. The van der Waals surface area contributed by atoms with Gasteiger partial charge in [0, 0.05) is 24.7 Å². The molecule has 0 unspecified atom stereocenters. The van der Waals surface area contributed by atoms with Gasteiger partial charge >= 0.3 is 0 Å². The van der Waals surface area contributed by atoms with Crippen LogP contribution in [0.1, 0.15) is 25.3 Å². The van der Waals surface area contributed by atoms with E-state index in [4.69, 9.17) is 4.42 Å².